The largest absolute Gasteiger partial charge is 0.462 e. The molecule has 0 radical (unpaired) electrons. The first-order valence-electron chi connectivity index (χ1n) is 4.05. The summed E-state index contributed by atoms with van der Waals surface area (Å²) >= 11 is 0. The van der Waals surface area contributed by atoms with Crippen LogP contribution in [0.15, 0.2) is 22.2 Å². The van der Waals surface area contributed by atoms with Gasteiger partial charge in [-0.2, -0.15) is 0 Å². The van der Waals surface area contributed by atoms with Gasteiger partial charge in [-0.1, -0.05) is 0 Å². The zero-order valence-corrected chi connectivity index (χ0v) is 8.22. The quantitative estimate of drug-likeness (QED) is 0.326. The average molecular weight is 211 g/mol. The SMILES string of the molecule is COC(=O)C(=Cc1ccc(C)o1)[N+](=O)[O-]. The van der Waals surface area contributed by atoms with Crippen molar-refractivity contribution in [2.24, 2.45) is 0 Å². The van der Waals surface area contributed by atoms with Gasteiger partial charge in [-0.05, 0) is 19.1 Å². The molecule has 0 N–H and O–H groups in total. The Morgan fingerprint density at radius 2 is 2.27 bits per heavy atom. The van der Waals surface area contributed by atoms with Gasteiger partial charge in [0.15, 0.2) is 0 Å². The van der Waals surface area contributed by atoms with Gasteiger partial charge in [0.2, 0.25) is 0 Å². The van der Waals surface area contributed by atoms with Crippen molar-refractivity contribution in [2.75, 3.05) is 7.11 Å². The third-order valence-electron chi connectivity index (χ3n) is 1.63. The van der Waals surface area contributed by atoms with Crippen LogP contribution in [0.25, 0.3) is 6.08 Å². The number of carbonyl (C=O) groups is 1. The number of esters is 1. The highest BCUT2D eigenvalue weighted by Crippen LogP contribution is 2.12. The van der Waals surface area contributed by atoms with Gasteiger partial charge < -0.3 is 9.15 Å². The van der Waals surface area contributed by atoms with E-state index in [9.17, 15) is 14.9 Å². The van der Waals surface area contributed by atoms with Gasteiger partial charge in [-0.15, -0.1) is 0 Å². The molecule has 6 heteroatoms. The third kappa shape index (κ3) is 2.67. The number of furan rings is 1. The van der Waals surface area contributed by atoms with Crippen molar-refractivity contribution >= 4 is 12.0 Å². The van der Waals surface area contributed by atoms with Crippen molar-refractivity contribution in [3.63, 3.8) is 0 Å². The van der Waals surface area contributed by atoms with Gasteiger partial charge in [0.25, 0.3) is 0 Å². The lowest BCUT2D eigenvalue weighted by Gasteiger charge is -1.94. The molecule has 0 aliphatic carbocycles. The van der Waals surface area contributed by atoms with E-state index in [0.29, 0.717) is 5.76 Å². The third-order valence-corrected chi connectivity index (χ3v) is 1.63. The molecule has 0 unspecified atom stereocenters. The Hall–Kier alpha value is -2.11. The van der Waals surface area contributed by atoms with E-state index in [0.717, 1.165) is 13.2 Å². The van der Waals surface area contributed by atoms with E-state index in [1.807, 2.05) is 0 Å². The van der Waals surface area contributed by atoms with E-state index in [1.165, 1.54) is 6.07 Å². The fourth-order valence-corrected chi connectivity index (χ4v) is 0.956. The predicted octanol–water partition coefficient (Wildman–Crippen LogP) is 1.38. The summed E-state index contributed by atoms with van der Waals surface area (Å²) in [7, 11) is 1.08. The van der Waals surface area contributed by atoms with Gasteiger partial charge in [0.1, 0.15) is 11.5 Å². The number of aryl methyl sites for hydroxylation is 1. The van der Waals surface area contributed by atoms with Crippen LogP contribution in [0.4, 0.5) is 0 Å². The Kier molecular flexibility index (Phi) is 3.22. The number of ether oxygens (including phenoxy) is 1. The minimum absolute atomic E-state index is 0.240. The van der Waals surface area contributed by atoms with Crippen molar-refractivity contribution in [3.8, 4) is 0 Å². The fraction of sp³-hybridized carbons (Fsp3) is 0.222. The number of methoxy groups -OCH3 is 1. The monoisotopic (exact) mass is 211 g/mol. The van der Waals surface area contributed by atoms with Gasteiger partial charge in [-0.3, -0.25) is 10.1 Å². The van der Waals surface area contributed by atoms with Crippen molar-refractivity contribution < 1.29 is 18.9 Å². The molecule has 0 saturated carbocycles. The molecule has 0 aliphatic rings. The van der Waals surface area contributed by atoms with Gasteiger partial charge >= 0.3 is 11.7 Å². The lowest BCUT2D eigenvalue weighted by molar-refractivity contribution is -0.419. The van der Waals surface area contributed by atoms with Crippen LogP contribution in [0, 0.1) is 17.0 Å². The molecule has 0 atom stereocenters. The molecule has 0 fully saturated rings. The van der Waals surface area contributed by atoms with Gasteiger partial charge in [0, 0.05) is 0 Å². The standard InChI is InChI=1S/C9H9NO5/c1-6-3-4-7(15-6)5-8(10(12)13)9(11)14-2/h3-5H,1-2H3. The zero-order chi connectivity index (χ0) is 11.4. The molecule has 0 saturated heterocycles. The lowest BCUT2D eigenvalue weighted by atomic mass is 10.3. The van der Waals surface area contributed by atoms with Crippen LogP contribution in [0.3, 0.4) is 0 Å². The maximum atomic E-state index is 11.0. The summed E-state index contributed by atoms with van der Waals surface area (Å²) in [6.07, 6.45) is 1.03. The smallest absolute Gasteiger partial charge is 0.409 e. The lowest BCUT2D eigenvalue weighted by Crippen LogP contribution is -2.12. The van der Waals surface area contributed by atoms with E-state index >= 15 is 0 Å². The van der Waals surface area contributed by atoms with E-state index in [-0.39, 0.29) is 5.76 Å². The van der Waals surface area contributed by atoms with Crippen LogP contribution >= 0.6 is 0 Å². The average Bonchev–Trinajstić information content (AvgIpc) is 2.59. The van der Waals surface area contributed by atoms with E-state index < -0.39 is 16.6 Å². The van der Waals surface area contributed by atoms with Crippen molar-refractivity contribution in [1.82, 2.24) is 0 Å². The van der Waals surface area contributed by atoms with Crippen LogP contribution < -0.4 is 0 Å². The molecule has 1 aromatic heterocycles. The minimum Gasteiger partial charge on any atom is -0.462 e. The highest BCUT2D eigenvalue weighted by atomic mass is 16.6. The Morgan fingerprint density at radius 3 is 2.67 bits per heavy atom. The summed E-state index contributed by atoms with van der Waals surface area (Å²) in [5.41, 5.74) is -0.660. The number of hydrogen-bond acceptors (Lipinski definition) is 5. The van der Waals surface area contributed by atoms with Gasteiger partial charge in [-0.25, -0.2) is 4.79 Å². The predicted molar refractivity (Wildman–Crippen MR) is 50.4 cm³/mol. The molecule has 80 valence electrons. The second-order valence-corrected chi connectivity index (χ2v) is 2.73. The maximum absolute atomic E-state index is 11.0. The summed E-state index contributed by atoms with van der Waals surface area (Å²) in [6.45, 7) is 1.70. The molecule has 0 aromatic carbocycles. The highest BCUT2D eigenvalue weighted by Gasteiger charge is 2.23. The molecule has 0 amide bonds. The first kappa shape index (κ1) is 11.0. The van der Waals surface area contributed by atoms with Crippen LogP contribution in [0.5, 0.6) is 0 Å². The molecule has 0 aliphatic heterocycles. The number of nitro groups is 1. The van der Waals surface area contributed by atoms with E-state index in [4.69, 9.17) is 4.42 Å². The van der Waals surface area contributed by atoms with Crippen molar-refractivity contribution in [3.05, 3.63) is 39.5 Å². The van der Waals surface area contributed by atoms with Crippen molar-refractivity contribution in [1.29, 1.82) is 0 Å². The maximum Gasteiger partial charge on any atom is 0.409 e. The minimum atomic E-state index is -1.01. The normalized spacial score (nSPS) is 11.2. The summed E-state index contributed by atoms with van der Waals surface area (Å²) < 4.78 is 9.33. The van der Waals surface area contributed by atoms with Crippen LogP contribution in [0.2, 0.25) is 0 Å². The molecular weight excluding hydrogens is 202 g/mol. The van der Waals surface area contributed by atoms with E-state index in [2.05, 4.69) is 4.74 Å². The number of hydrogen-bond donors (Lipinski definition) is 0. The fourth-order valence-electron chi connectivity index (χ4n) is 0.956. The first-order valence-corrected chi connectivity index (χ1v) is 4.05. The molecule has 1 aromatic rings. The Labute approximate surface area is 85.3 Å². The molecule has 1 heterocycles. The molecule has 15 heavy (non-hydrogen) atoms. The van der Waals surface area contributed by atoms with Crippen LogP contribution in [0.1, 0.15) is 11.5 Å². The van der Waals surface area contributed by atoms with Gasteiger partial charge in [0.05, 0.1) is 18.1 Å². The number of carbonyl (C=O) groups excluding carboxylic acids is 1. The summed E-state index contributed by atoms with van der Waals surface area (Å²) in [5, 5.41) is 10.5. The molecule has 0 spiro atoms. The van der Waals surface area contributed by atoms with Crippen molar-refractivity contribution in [2.45, 2.75) is 6.92 Å². The highest BCUT2D eigenvalue weighted by molar-refractivity contribution is 5.90. The molecule has 0 bridgehead atoms. The zero-order valence-electron chi connectivity index (χ0n) is 8.22. The molecule has 1 rings (SSSR count). The second kappa shape index (κ2) is 4.41. The van der Waals surface area contributed by atoms with E-state index in [1.54, 1.807) is 13.0 Å². The summed E-state index contributed by atoms with van der Waals surface area (Å²) in [4.78, 5) is 20.7. The number of nitrogens with zero attached hydrogens (tertiary/aromatic N) is 1. The molecule has 6 nitrogen and oxygen atoms in total. The second-order valence-electron chi connectivity index (χ2n) is 2.73. The molecular formula is C9H9NO5. The van der Waals surface area contributed by atoms with Crippen LogP contribution in [-0.4, -0.2) is 18.0 Å². The Morgan fingerprint density at radius 1 is 1.60 bits per heavy atom. The summed E-state index contributed by atoms with van der Waals surface area (Å²) in [5.74, 6) is -0.160. The summed E-state index contributed by atoms with van der Waals surface area (Å²) in [6, 6.07) is 3.17. The van der Waals surface area contributed by atoms with Crippen LogP contribution in [-0.2, 0) is 9.53 Å². The Balaban J connectivity index is 3.04. The topological polar surface area (TPSA) is 82.6 Å². The first-order chi connectivity index (χ1) is 7.04. The number of rotatable bonds is 3. The Bertz CT molecular complexity index is 418.